The average molecular weight is 261 g/mol. The van der Waals surface area contributed by atoms with Gasteiger partial charge in [0.2, 0.25) is 5.91 Å². The van der Waals surface area contributed by atoms with Crippen molar-refractivity contribution in [3.63, 3.8) is 0 Å². The highest BCUT2D eigenvalue weighted by Gasteiger charge is 2.55. The molecule has 1 aliphatic carbocycles. The molecule has 4 heteroatoms. The molecule has 0 radical (unpaired) electrons. The van der Waals surface area contributed by atoms with E-state index in [1.807, 2.05) is 23.1 Å². The number of methoxy groups -OCH3 is 2. The average Bonchev–Trinajstić information content (AvgIpc) is 3.17. The predicted molar refractivity (Wildman–Crippen MR) is 71.2 cm³/mol. The van der Waals surface area contributed by atoms with Gasteiger partial charge in [0, 0.05) is 24.7 Å². The Balaban J connectivity index is 1.78. The first kappa shape index (κ1) is 12.3. The Morgan fingerprint density at radius 1 is 1.21 bits per heavy atom. The van der Waals surface area contributed by atoms with Crippen molar-refractivity contribution in [1.29, 1.82) is 0 Å². The standard InChI is InChI=1S/C15H19NO3/c1-18-12-4-3-11(13(9-12)19-2)10-16-8-7-15(5-6-15)14(16)17/h3-4,9H,5-8,10H2,1-2H3. The van der Waals surface area contributed by atoms with Gasteiger partial charge in [-0.1, -0.05) is 0 Å². The molecule has 4 nitrogen and oxygen atoms in total. The molecular formula is C15H19NO3. The molecule has 102 valence electrons. The molecule has 1 saturated carbocycles. The molecule has 1 aliphatic heterocycles. The lowest BCUT2D eigenvalue weighted by Gasteiger charge is -2.18. The quantitative estimate of drug-likeness (QED) is 0.834. The summed E-state index contributed by atoms with van der Waals surface area (Å²) in [6, 6.07) is 5.75. The van der Waals surface area contributed by atoms with Crippen molar-refractivity contribution in [1.82, 2.24) is 4.90 Å². The van der Waals surface area contributed by atoms with Crippen LogP contribution in [0.25, 0.3) is 0 Å². The number of hydrogen-bond acceptors (Lipinski definition) is 3. The first-order chi connectivity index (χ1) is 9.18. The first-order valence-corrected chi connectivity index (χ1v) is 6.69. The van der Waals surface area contributed by atoms with Gasteiger partial charge in [-0.05, 0) is 31.4 Å². The van der Waals surface area contributed by atoms with E-state index in [0.29, 0.717) is 12.5 Å². The zero-order valence-electron chi connectivity index (χ0n) is 11.4. The van der Waals surface area contributed by atoms with Crippen molar-refractivity contribution in [2.45, 2.75) is 25.8 Å². The van der Waals surface area contributed by atoms with Gasteiger partial charge in [0.15, 0.2) is 0 Å². The van der Waals surface area contributed by atoms with Crippen LogP contribution in [0.5, 0.6) is 11.5 Å². The second-order valence-corrected chi connectivity index (χ2v) is 5.43. The second kappa shape index (κ2) is 4.44. The molecule has 0 bridgehead atoms. The van der Waals surface area contributed by atoms with Crippen LogP contribution < -0.4 is 9.47 Å². The van der Waals surface area contributed by atoms with Gasteiger partial charge in [0.25, 0.3) is 0 Å². The van der Waals surface area contributed by atoms with E-state index in [1.165, 1.54) is 0 Å². The van der Waals surface area contributed by atoms with Crippen LogP contribution in [0.15, 0.2) is 18.2 Å². The number of ether oxygens (including phenoxy) is 2. The Kier molecular flexibility index (Phi) is 2.88. The minimum atomic E-state index is 0.0136. The van der Waals surface area contributed by atoms with Crippen molar-refractivity contribution in [2.75, 3.05) is 20.8 Å². The minimum Gasteiger partial charge on any atom is -0.497 e. The van der Waals surface area contributed by atoms with Gasteiger partial charge in [-0.25, -0.2) is 0 Å². The van der Waals surface area contributed by atoms with Gasteiger partial charge in [-0.15, -0.1) is 0 Å². The number of hydrogen-bond donors (Lipinski definition) is 0. The summed E-state index contributed by atoms with van der Waals surface area (Å²) in [5, 5.41) is 0. The van der Waals surface area contributed by atoms with Crippen molar-refractivity contribution in [2.24, 2.45) is 5.41 Å². The van der Waals surface area contributed by atoms with E-state index in [-0.39, 0.29) is 5.41 Å². The van der Waals surface area contributed by atoms with E-state index in [2.05, 4.69) is 0 Å². The van der Waals surface area contributed by atoms with Crippen LogP contribution in [-0.4, -0.2) is 31.6 Å². The lowest BCUT2D eigenvalue weighted by molar-refractivity contribution is -0.132. The maximum Gasteiger partial charge on any atom is 0.229 e. The summed E-state index contributed by atoms with van der Waals surface area (Å²) in [6.07, 6.45) is 3.16. The fourth-order valence-electron chi connectivity index (χ4n) is 2.85. The number of amides is 1. The van der Waals surface area contributed by atoms with E-state index in [4.69, 9.17) is 9.47 Å². The van der Waals surface area contributed by atoms with E-state index in [9.17, 15) is 4.79 Å². The molecule has 1 aromatic carbocycles. The van der Waals surface area contributed by atoms with E-state index < -0.39 is 0 Å². The predicted octanol–water partition coefficient (Wildman–Crippen LogP) is 2.22. The van der Waals surface area contributed by atoms with Crippen LogP contribution in [-0.2, 0) is 11.3 Å². The third kappa shape index (κ3) is 2.05. The number of likely N-dealkylation sites (tertiary alicyclic amines) is 1. The van der Waals surface area contributed by atoms with Gasteiger partial charge < -0.3 is 14.4 Å². The largest absolute Gasteiger partial charge is 0.497 e. The van der Waals surface area contributed by atoms with Crippen LogP contribution in [0, 0.1) is 5.41 Å². The molecule has 0 aromatic heterocycles. The fraction of sp³-hybridized carbons (Fsp3) is 0.533. The Hall–Kier alpha value is -1.71. The lowest BCUT2D eigenvalue weighted by Crippen LogP contribution is -2.27. The second-order valence-electron chi connectivity index (χ2n) is 5.43. The van der Waals surface area contributed by atoms with Crippen molar-refractivity contribution >= 4 is 5.91 Å². The number of rotatable bonds is 4. The molecule has 1 heterocycles. The van der Waals surface area contributed by atoms with Crippen molar-refractivity contribution in [3.8, 4) is 11.5 Å². The highest BCUT2D eigenvalue weighted by Crippen LogP contribution is 2.53. The van der Waals surface area contributed by atoms with E-state index in [0.717, 1.165) is 42.9 Å². The van der Waals surface area contributed by atoms with Crippen LogP contribution in [0.2, 0.25) is 0 Å². The van der Waals surface area contributed by atoms with Gasteiger partial charge in [0.1, 0.15) is 11.5 Å². The Labute approximate surface area is 113 Å². The topological polar surface area (TPSA) is 38.8 Å². The summed E-state index contributed by atoms with van der Waals surface area (Å²) in [5.41, 5.74) is 1.05. The summed E-state index contributed by atoms with van der Waals surface area (Å²) in [7, 11) is 3.28. The molecule has 1 aromatic rings. The molecule has 2 aliphatic rings. The number of carbonyl (C=O) groups excluding carboxylic acids is 1. The molecule has 0 atom stereocenters. The number of nitrogens with zero attached hydrogens (tertiary/aromatic N) is 1. The molecule has 2 fully saturated rings. The van der Waals surface area contributed by atoms with Gasteiger partial charge in [0.05, 0.1) is 19.6 Å². The van der Waals surface area contributed by atoms with Gasteiger partial charge in [-0.2, -0.15) is 0 Å². The smallest absolute Gasteiger partial charge is 0.229 e. The minimum absolute atomic E-state index is 0.0136. The molecule has 19 heavy (non-hydrogen) atoms. The maximum absolute atomic E-state index is 12.3. The fourth-order valence-corrected chi connectivity index (χ4v) is 2.85. The van der Waals surface area contributed by atoms with Gasteiger partial charge in [-0.3, -0.25) is 4.79 Å². The Morgan fingerprint density at radius 2 is 2.00 bits per heavy atom. The lowest BCUT2D eigenvalue weighted by atomic mass is 10.1. The highest BCUT2D eigenvalue weighted by molar-refractivity contribution is 5.87. The summed E-state index contributed by atoms with van der Waals surface area (Å²) < 4.78 is 10.6. The SMILES string of the molecule is COc1ccc(CN2CCC3(CC3)C2=O)c(OC)c1. The highest BCUT2D eigenvalue weighted by atomic mass is 16.5. The van der Waals surface area contributed by atoms with Crippen molar-refractivity contribution in [3.05, 3.63) is 23.8 Å². The zero-order valence-corrected chi connectivity index (χ0v) is 11.4. The van der Waals surface area contributed by atoms with Crippen LogP contribution in [0.4, 0.5) is 0 Å². The maximum atomic E-state index is 12.3. The Morgan fingerprint density at radius 3 is 2.58 bits per heavy atom. The van der Waals surface area contributed by atoms with E-state index >= 15 is 0 Å². The number of carbonyl (C=O) groups is 1. The normalized spacial score (nSPS) is 19.9. The molecule has 0 unspecified atom stereocenters. The molecule has 3 rings (SSSR count). The van der Waals surface area contributed by atoms with E-state index in [1.54, 1.807) is 14.2 Å². The van der Waals surface area contributed by atoms with Crippen LogP contribution >= 0.6 is 0 Å². The zero-order chi connectivity index (χ0) is 13.5. The molecule has 1 spiro atoms. The molecule has 0 N–H and O–H groups in total. The van der Waals surface area contributed by atoms with Crippen LogP contribution in [0.1, 0.15) is 24.8 Å². The Bertz CT molecular complexity index is 508. The van der Waals surface area contributed by atoms with Crippen molar-refractivity contribution < 1.29 is 14.3 Å². The summed E-state index contributed by atoms with van der Waals surface area (Å²) in [6.45, 7) is 1.50. The summed E-state index contributed by atoms with van der Waals surface area (Å²) in [5.74, 6) is 1.88. The monoisotopic (exact) mass is 261 g/mol. The van der Waals surface area contributed by atoms with Gasteiger partial charge >= 0.3 is 0 Å². The summed E-state index contributed by atoms with van der Waals surface area (Å²) >= 11 is 0. The first-order valence-electron chi connectivity index (χ1n) is 6.69. The molecular weight excluding hydrogens is 242 g/mol. The summed E-state index contributed by atoms with van der Waals surface area (Å²) in [4.78, 5) is 14.2. The third-order valence-electron chi connectivity index (χ3n) is 4.31. The number of benzene rings is 1. The third-order valence-corrected chi connectivity index (χ3v) is 4.31. The molecule has 1 amide bonds. The molecule has 1 saturated heterocycles. The van der Waals surface area contributed by atoms with Crippen LogP contribution in [0.3, 0.4) is 0 Å².